The molecule has 0 amide bonds. The summed E-state index contributed by atoms with van der Waals surface area (Å²) in [7, 11) is 3.19. The molecule has 0 N–H and O–H groups in total. The Labute approximate surface area is 176 Å². The van der Waals surface area contributed by atoms with Gasteiger partial charge in [-0.2, -0.15) is 5.10 Å². The highest BCUT2D eigenvalue weighted by Crippen LogP contribution is 2.28. The molecule has 5 nitrogen and oxygen atoms in total. The molecule has 3 aromatic carbocycles. The van der Waals surface area contributed by atoms with Gasteiger partial charge in [-0.1, -0.05) is 67.6 Å². The number of ketones is 1. The highest BCUT2D eigenvalue weighted by Gasteiger charge is 2.16. The second kappa shape index (κ2) is 10.2. The number of carbonyl (C=O) groups excluding carboxylic acids is 1. The molecular weight excluding hydrogens is 376 g/mol. The minimum absolute atomic E-state index is 0.173. The fourth-order valence-corrected chi connectivity index (χ4v) is 3.02. The zero-order chi connectivity index (χ0) is 21.3. The molecule has 0 atom stereocenters. The van der Waals surface area contributed by atoms with Crippen LogP contribution in [-0.2, 0) is 0 Å². The van der Waals surface area contributed by atoms with Gasteiger partial charge in [0, 0.05) is 16.7 Å². The van der Waals surface area contributed by atoms with Gasteiger partial charge in [0.2, 0.25) is 5.78 Å². The molecule has 3 aromatic rings. The summed E-state index contributed by atoms with van der Waals surface area (Å²) < 4.78 is 10.7. The smallest absolute Gasteiger partial charge is 0.213 e. The van der Waals surface area contributed by atoms with Gasteiger partial charge < -0.3 is 9.47 Å². The number of benzene rings is 3. The van der Waals surface area contributed by atoms with Crippen LogP contribution >= 0.6 is 0 Å². The number of methoxy groups -OCH3 is 2. The van der Waals surface area contributed by atoms with E-state index in [4.69, 9.17) is 9.47 Å². The van der Waals surface area contributed by atoms with Gasteiger partial charge >= 0.3 is 0 Å². The Morgan fingerprint density at radius 2 is 1.33 bits per heavy atom. The van der Waals surface area contributed by atoms with E-state index >= 15 is 0 Å². The summed E-state index contributed by atoms with van der Waals surface area (Å²) in [6.45, 7) is 1.99. The number of ether oxygens (including phenoxy) is 2. The van der Waals surface area contributed by atoms with Gasteiger partial charge in [-0.15, -0.1) is 5.10 Å². The molecule has 0 bridgehead atoms. The fourth-order valence-electron chi connectivity index (χ4n) is 3.02. The van der Waals surface area contributed by atoms with Gasteiger partial charge in [-0.25, -0.2) is 0 Å². The molecule has 30 heavy (non-hydrogen) atoms. The largest absolute Gasteiger partial charge is 0.493 e. The number of Topliss-reactive ketones (excluding diaryl/α,β-unsaturated/α-hetero) is 1. The second-order valence-corrected chi connectivity index (χ2v) is 6.48. The SMILES string of the molecule is CC/C(=N\N=C(\C(=O)c1ccccc1)c1ccccc1)c1ccc(OC)c(OC)c1. The summed E-state index contributed by atoms with van der Waals surface area (Å²) in [5, 5.41) is 8.85. The molecular formula is C25H24N2O3. The van der Waals surface area contributed by atoms with Crippen molar-refractivity contribution in [3.05, 3.63) is 95.6 Å². The van der Waals surface area contributed by atoms with Crippen LogP contribution in [0.1, 0.15) is 34.8 Å². The first-order valence-corrected chi connectivity index (χ1v) is 9.70. The molecule has 152 valence electrons. The number of nitrogens with zero attached hydrogens (tertiary/aromatic N) is 2. The molecule has 0 spiro atoms. The number of hydrogen-bond donors (Lipinski definition) is 0. The highest BCUT2D eigenvalue weighted by atomic mass is 16.5. The summed E-state index contributed by atoms with van der Waals surface area (Å²) in [4.78, 5) is 13.1. The second-order valence-electron chi connectivity index (χ2n) is 6.48. The predicted molar refractivity (Wildman–Crippen MR) is 120 cm³/mol. The molecule has 0 fully saturated rings. The quantitative estimate of drug-likeness (QED) is 0.297. The fraction of sp³-hybridized carbons (Fsp3) is 0.160. The summed E-state index contributed by atoms with van der Waals surface area (Å²) in [5.41, 5.74) is 3.19. The summed E-state index contributed by atoms with van der Waals surface area (Å²) in [6.07, 6.45) is 0.639. The van der Waals surface area contributed by atoms with Crippen LogP contribution in [-0.4, -0.2) is 31.4 Å². The van der Waals surface area contributed by atoms with Crippen molar-refractivity contribution in [3.8, 4) is 11.5 Å². The number of hydrogen-bond acceptors (Lipinski definition) is 5. The first kappa shape index (κ1) is 21.0. The van der Waals surface area contributed by atoms with Crippen molar-refractivity contribution in [2.45, 2.75) is 13.3 Å². The first-order valence-electron chi connectivity index (χ1n) is 9.70. The van der Waals surface area contributed by atoms with Gasteiger partial charge in [0.25, 0.3) is 0 Å². The van der Waals surface area contributed by atoms with Crippen molar-refractivity contribution in [1.82, 2.24) is 0 Å². The van der Waals surface area contributed by atoms with Crippen molar-refractivity contribution >= 4 is 17.2 Å². The molecule has 3 rings (SSSR count). The maximum atomic E-state index is 13.1. The molecule has 0 aliphatic carbocycles. The van der Waals surface area contributed by atoms with Gasteiger partial charge in [0.05, 0.1) is 19.9 Å². The van der Waals surface area contributed by atoms with E-state index in [9.17, 15) is 4.79 Å². The van der Waals surface area contributed by atoms with Crippen LogP contribution in [0.4, 0.5) is 0 Å². The molecule has 0 unspecified atom stereocenters. The Kier molecular flexibility index (Phi) is 7.11. The zero-order valence-corrected chi connectivity index (χ0v) is 17.3. The Morgan fingerprint density at radius 1 is 0.733 bits per heavy atom. The Morgan fingerprint density at radius 3 is 1.90 bits per heavy atom. The minimum Gasteiger partial charge on any atom is -0.493 e. The van der Waals surface area contributed by atoms with Crippen molar-refractivity contribution in [2.75, 3.05) is 14.2 Å². The van der Waals surface area contributed by atoms with Crippen molar-refractivity contribution in [3.63, 3.8) is 0 Å². The highest BCUT2D eigenvalue weighted by molar-refractivity contribution is 6.51. The van der Waals surface area contributed by atoms with Crippen LogP contribution in [0, 0.1) is 0 Å². The van der Waals surface area contributed by atoms with Crippen molar-refractivity contribution < 1.29 is 14.3 Å². The van der Waals surface area contributed by atoms with E-state index in [1.165, 1.54) is 0 Å². The van der Waals surface area contributed by atoms with Crippen LogP contribution < -0.4 is 9.47 Å². The van der Waals surface area contributed by atoms with Crippen molar-refractivity contribution in [2.24, 2.45) is 10.2 Å². The van der Waals surface area contributed by atoms with Crippen LogP contribution in [0.15, 0.2) is 89.1 Å². The average Bonchev–Trinajstić information content (AvgIpc) is 2.82. The van der Waals surface area contributed by atoms with Crippen LogP contribution in [0.5, 0.6) is 11.5 Å². The summed E-state index contributed by atoms with van der Waals surface area (Å²) in [5.74, 6) is 1.08. The molecule has 0 aliphatic rings. The molecule has 0 aromatic heterocycles. The van der Waals surface area contributed by atoms with E-state index in [0.717, 1.165) is 16.8 Å². The van der Waals surface area contributed by atoms with E-state index in [-0.39, 0.29) is 5.78 Å². The maximum Gasteiger partial charge on any atom is 0.213 e. The third-order valence-electron chi connectivity index (χ3n) is 4.62. The number of carbonyl (C=O) groups is 1. The van der Waals surface area contributed by atoms with Gasteiger partial charge in [-0.05, 0) is 24.6 Å². The van der Waals surface area contributed by atoms with E-state index in [0.29, 0.717) is 29.2 Å². The van der Waals surface area contributed by atoms with Crippen LogP contribution in [0.2, 0.25) is 0 Å². The van der Waals surface area contributed by atoms with E-state index in [1.807, 2.05) is 73.7 Å². The molecule has 0 heterocycles. The molecule has 0 saturated carbocycles. The Balaban J connectivity index is 2.05. The van der Waals surface area contributed by atoms with Gasteiger partial charge in [0.1, 0.15) is 5.71 Å². The topological polar surface area (TPSA) is 60.2 Å². The molecule has 0 saturated heterocycles. The standard InChI is InChI=1S/C25H24N2O3/c1-4-21(20-15-16-22(29-2)23(17-20)30-3)26-27-24(18-11-7-5-8-12-18)25(28)19-13-9-6-10-14-19/h5-17H,4H2,1-3H3/b26-21+,27-24+. The average molecular weight is 400 g/mol. The van der Waals surface area contributed by atoms with E-state index in [1.54, 1.807) is 26.4 Å². The zero-order valence-electron chi connectivity index (χ0n) is 17.3. The lowest BCUT2D eigenvalue weighted by molar-refractivity contribution is 0.106. The first-order chi connectivity index (χ1) is 14.7. The Hall–Kier alpha value is -3.73. The lowest BCUT2D eigenvalue weighted by Crippen LogP contribution is -2.16. The lowest BCUT2D eigenvalue weighted by atomic mass is 10.0. The van der Waals surface area contributed by atoms with E-state index in [2.05, 4.69) is 10.2 Å². The predicted octanol–water partition coefficient (Wildman–Crippen LogP) is 5.19. The van der Waals surface area contributed by atoms with Crippen LogP contribution in [0.25, 0.3) is 0 Å². The Bertz CT molecular complexity index is 1060. The normalized spacial score (nSPS) is 11.8. The van der Waals surface area contributed by atoms with Gasteiger partial charge in [-0.3, -0.25) is 4.79 Å². The molecule has 0 radical (unpaired) electrons. The summed E-state index contributed by atoms with van der Waals surface area (Å²) >= 11 is 0. The van der Waals surface area contributed by atoms with Crippen LogP contribution in [0.3, 0.4) is 0 Å². The van der Waals surface area contributed by atoms with Crippen molar-refractivity contribution in [1.29, 1.82) is 0 Å². The molecule has 5 heteroatoms. The third kappa shape index (κ3) is 4.81. The monoisotopic (exact) mass is 400 g/mol. The lowest BCUT2D eigenvalue weighted by Gasteiger charge is -2.10. The van der Waals surface area contributed by atoms with Gasteiger partial charge in [0.15, 0.2) is 11.5 Å². The van der Waals surface area contributed by atoms with E-state index < -0.39 is 0 Å². The third-order valence-corrected chi connectivity index (χ3v) is 4.62. The maximum absolute atomic E-state index is 13.1. The molecule has 0 aliphatic heterocycles. The minimum atomic E-state index is -0.173. The summed E-state index contributed by atoms with van der Waals surface area (Å²) in [6, 6.07) is 24.1. The number of rotatable bonds is 8.